The quantitative estimate of drug-likeness (QED) is 0.695. The zero-order chi connectivity index (χ0) is 22.2. The van der Waals surface area contributed by atoms with Crippen molar-refractivity contribution >= 4 is 29.3 Å². The van der Waals surface area contributed by atoms with Crippen molar-refractivity contribution < 1.29 is 27.5 Å². The molecular weight excluding hydrogens is 429 g/mol. The summed E-state index contributed by atoms with van der Waals surface area (Å²) in [7, 11) is 1.58. The van der Waals surface area contributed by atoms with Gasteiger partial charge in [0.25, 0.3) is 5.91 Å². The number of ether oxygens (including phenoxy) is 1. The molecule has 1 spiro atoms. The van der Waals surface area contributed by atoms with Crippen molar-refractivity contribution in [1.82, 2.24) is 4.90 Å². The van der Waals surface area contributed by atoms with Crippen LogP contribution in [0.15, 0.2) is 48.5 Å². The normalized spacial score (nSPS) is 18.5. The number of piperidine rings is 1. The van der Waals surface area contributed by atoms with Crippen LogP contribution in [0.1, 0.15) is 28.8 Å². The zero-order valence-electron chi connectivity index (χ0n) is 16.8. The lowest BCUT2D eigenvalue weighted by Crippen LogP contribution is -2.53. The highest BCUT2D eigenvalue weighted by Crippen LogP contribution is 2.47. The molecule has 0 saturated carbocycles. The number of carbonyl (C=O) groups excluding carboxylic acids is 2. The molecule has 9 heteroatoms. The third-order valence-electron chi connectivity index (χ3n) is 5.74. The fraction of sp³-hybridized carbons (Fsp3) is 0.364. The van der Waals surface area contributed by atoms with Crippen LogP contribution in [0, 0.1) is 0 Å². The predicted molar refractivity (Wildman–Crippen MR) is 112 cm³/mol. The van der Waals surface area contributed by atoms with Crippen molar-refractivity contribution in [3.8, 4) is 5.75 Å². The smallest absolute Gasteiger partial charge is 0.416 e. The van der Waals surface area contributed by atoms with E-state index in [1.165, 1.54) is 12.1 Å². The number of alkyl halides is 3. The van der Waals surface area contributed by atoms with Gasteiger partial charge in [-0.15, -0.1) is 11.8 Å². The number of rotatable bonds is 3. The maximum absolute atomic E-state index is 12.8. The maximum atomic E-state index is 12.8. The van der Waals surface area contributed by atoms with Gasteiger partial charge in [-0.25, -0.2) is 0 Å². The van der Waals surface area contributed by atoms with E-state index in [9.17, 15) is 22.8 Å². The second kappa shape index (κ2) is 8.11. The Morgan fingerprint density at radius 1 is 1.03 bits per heavy atom. The third kappa shape index (κ3) is 4.11. The van der Waals surface area contributed by atoms with E-state index in [0.717, 1.165) is 17.8 Å². The van der Waals surface area contributed by atoms with Crippen LogP contribution in [-0.2, 0) is 11.0 Å². The first-order chi connectivity index (χ1) is 14.7. The second-order valence-corrected chi connectivity index (χ2v) is 8.87. The van der Waals surface area contributed by atoms with Crippen LogP contribution < -0.4 is 9.64 Å². The van der Waals surface area contributed by atoms with E-state index in [0.29, 0.717) is 37.4 Å². The van der Waals surface area contributed by atoms with Gasteiger partial charge in [-0.1, -0.05) is 0 Å². The number of benzene rings is 2. The summed E-state index contributed by atoms with van der Waals surface area (Å²) in [5.41, 5.74) is 0.238. The Morgan fingerprint density at radius 2 is 1.65 bits per heavy atom. The number of anilines is 1. The molecule has 0 aromatic heterocycles. The lowest BCUT2D eigenvalue weighted by molar-refractivity contribution is -0.137. The van der Waals surface area contributed by atoms with E-state index in [1.807, 2.05) is 29.2 Å². The summed E-state index contributed by atoms with van der Waals surface area (Å²) < 4.78 is 43.5. The Bertz CT molecular complexity index is 969. The van der Waals surface area contributed by atoms with Crippen molar-refractivity contribution in [1.29, 1.82) is 0 Å². The molecule has 0 aliphatic carbocycles. The fourth-order valence-corrected chi connectivity index (χ4v) is 5.40. The number of carbonyl (C=O) groups is 2. The highest BCUT2D eigenvalue weighted by atomic mass is 32.2. The molecule has 0 atom stereocenters. The molecule has 2 fully saturated rings. The number of hydrogen-bond donors (Lipinski definition) is 0. The SMILES string of the molecule is COc1ccc(N2C(=O)CSC23CCN(C(=O)c2ccc(C(F)(F)F)cc2)CC3)cc1. The summed E-state index contributed by atoms with van der Waals surface area (Å²) >= 11 is 1.58. The summed E-state index contributed by atoms with van der Waals surface area (Å²) in [6.07, 6.45) is -3.26. The highest BCUT2D eigenvalue weighted by molar-refractivity contribution is 8.02. The van der Waals surface area contributed by atoms with Crippen LogP contribution in [0.2, 0.25) is 0 Å². The van der Waals surface area contributed by atoms with Crippen molar-refractivity contribution in [3.63, 3.8) is 0 Å². The summed E-state index contributed by atoms with van der Waals surface area (Å²) in [6.45, 7) is 0.847. The average Bonchev–Trinajstić information content (AvgIpc) is 3.09. The van der Waals surface area contributed by atoms with Crippen LogP contribution in [0.3, 0.4) is 0 Å². The van der Waals surface area contributed by atoms with E-state index in [4.69, 9.17) is 4.74 Å². The molecule has 2 aromatic carbocycles. The lowest BCUT2D eigenvalue weighted by Gasteiger charge is -2.44. The van der Waals surface area contributed by atoms with Gasteiger partial charge in [0.1, 0.15) is 5.75 Å². The molecule has 164 valence electrons. The zero-order valence-corrected chi connectivity index (χ0v) is 17.6. The minimum absolute atomic E-state index is 0.0256. The molecule has 4 rings (SSSR count). The number of amides is 2. The minimum Gasteiger partial charge on any atom is -0.497 e. The van der Waals surface area contributed by atoms with Crippen LogP contribution in [0.25, 0.3) is 0 Å². The number of hydrogen-bond acceptors (Lipinski definition) is 4. The first-order valence-electron chi connectivity index (χ1n) is 9.81. The predicted octanol–water partition coefficient (Wildman–Crippen LogP) is 4.43. The Hall–Kier alpha value is -2.68. The average molecular weight is 450 g/mol. The van der Waals surface area contributed by atoms with Crippen molar-refractivity contribution in [2.45, 2.75) is 23.9 Å². The van der Waals surface area contributed by atoms with Gasteiger partial charge < -0.3 is 9.64 Å². The molecule has 0 radical (unpaired) electrons. The Morgan fingerprint density at radius 3 is 2.19 bits per heavy atom. The van der Waals surface area contributed by atoms with Crippen LogP contribution in [0.4, 0.5) is 18.9 Å². The molecule has 2 amide bonds. The summed E-state index contributed by atoms with van der Waals surface area (Å²) in [5.74, 6) is 0.805. The lowest BCUT2D eigenvalue weighted by atomic mass is 10.00. The van der Waals surface area contributed by atoms with Gasteiger partial charge in [-0.05, 0) is 61.4 Å². The van der Waals surface area contributed by atoms with Crippen molar-refractivity contribution in [2.24, 2.45) is 0 Å². The number of halogens is 3. The molecule has 5 nitrogen and oxygen atoms in total. The molecule has 0 N–H and O–H groups in total. The molecular formula is C22H21F3N2O3S. The van der Waals surface area contributed by atoms with E-state index in [2.05, 4.69) is 0 Å². The van der Waals surface area contributed by atoms with Crippen LogP contribution >= 0.6 is 11.8 Å². The number of likely N-dealkylation sites (tertiary alicyclic amines) is 1. The van der Waals surface area contributed by atoms with Gasteiger partial charge in [0.05, 0.1) is 23.3 Å². The Balaban J connectivity index is 1.47. The van der Waals surface area contributed by atoms with E-state index >= 15 is 0 Å². The number of methoxy groups -OCH3 is 1. The summed E-state index contributed by atoms with van der Waals surface area (Å²) in [4.78, 5) is 28.5. The van der Waals surface area contributed by atoms with E-state index < -0.39 is 16.6 Å². The van der Waals surface area contributed by atoms with E-state index in [1.54, 1.807) is 23.8 Å². The molecule has 0 unspecified atom stereocenters. The second-order valence-electron chi connectivity index (χ2n) is 7.53. The highest BCUT2D eigenvalue weighted by Gasteiger charge is 2.49. The number of thioether (sulfide) groups is 1. The molecule has 31 heavy (non-hydrogen) atoms. The van der Waals surface area contributed by atoms with Gasteiger partial charge >= 0.3 is 6.18 Å². The standard InChI is InChI=1S/C22H21F3N2O3S/c1-30-18-8-6-17(7-9-18)27-19(28)14-31-21(27)10-12-26(13-11-21)20(29)15-2-4-16(5-3-15)22(23,24)25/h2-9H,10-14H2,1H3. The first-order valence-corrected chi connectivity index (χ1v) is 10.8. The molecule has 2 aliphatic heterocycles. The Kier molecular flexibility index (Phi) is 5.63. The van der Waals surface area contributed by atoms with Crippen LogP contribution in [-0.4, -0.2) is 47.5 Å². The summed E-state index contributed by atoms with van der Waals surface area (Å²) in [6, 6.07) is 11.6. The van der Waals surface area contributed by atoms with Crippen LogP contribution in [0.5, 0.6) is 5.75 Å². The van der Waals surface area contributed by atoms with Gasteiger partial charge in [0.15, 0.2) is 0 Å². The topological polar surface area (TPSA) is 49.9 Å². The first kappa shape index (κ1) is 21.5. The number of nitrogens with zero attached hydrogens (tertiary/aromatic N) is 2. The van der Waals surface area contributed by atoms with Gasteiger partial charge in [0, 0.05) is 24.3 Å². The molecule has 0 bridgehead atoms. The monoisotopic (exact) mass is 450 g/mol. The maximum Gasteiger partial charge on any atom is 0.416 e. The van der Waals surface area contributed by atoms with Gasteiger partial charge in [-0.2, -0.15) is 13.2 Å². The van der Waals surface area contributed by atoms with Crippen molar-refractivity contribution in [3.05, 3.63) is 59.7 Å². The molecule has 2 heterocycles. The minimum atomic E-state index is -4.43. The molecule has 2 aliphatic rings. The van der Waals surface area contributed by atoms with Crippen molar-refractivity contribution in [2.75, 3.05) is 30.9 Å². The van der Waals surface area contributed by atoms with E-state index in [-0.39, 0.29) is 17.4 Å². The summed E-state index contributed by atoms with van der Waals surface area (Å²) in [5, 5.41) is 0. The Labute approximate surface area is 182 Å². The fourth-order valence-electron chi connectivity index (χ4n) is 4.07. The van der Waals surface area contributed by atoms with Gasteiger partial charge in [-0.3, -0.25) is 14.5 Å². The van der Waals surface area contributed by atoms with Gasteiger partial charge in [0.2, 0.25) is 5.91 Å². The largest absolute Gasteiger partial charge is 0.497 e. The molecule has 2 saturated heterocycles. The molecule has 2 aromatic rings. The third-order valence-corrected chi connectivity index (χ3v) is 7.26.